The molecule has 2 aliphatic rings. The van der Waals surface area contributed by atoms with Crippen molar-refractivity contribution in [2.75, 3.05) is 0 Å². The van der Waals surface area contributed by atoms with Crippen LogP contribution in [-0.2, 0) is 22.6 Å². The summed E-state index contributed by atoms with van der Waals surface area (Å²) >= 11 is 0. The summed E-state index contributed by atoms with van der Waals surface area (Å²) in [7, 11) is 0. The zero-order valence-corrected chi connectivity index (χ0v) is 19.1. The van der Waals surface area contributed by atoms with Crippen LogP contribution in [-0.4, -0.2) is 32.4 Å². The summed E-state index contributed by atoms with van der Waals surface area (Å²) in [5.74, 6) is 0. The van der Waals surface area contributed by atoms with Crippen LogP contribution in [0, 0.1) is 0 Å². The van der Waals surface area contributed by atoms with E-state index in [0.717, 1.165) is 17.7 Å². The molecule has 0 spiro atoms. The van der Waals surface area contributed by atoms with Crippen LogP contribution >= 0.6 is 0 Å². The zero-order chi connectivity index (χ0) is 25.7. The lowest BCUT2D eigenvalue weighted by atomic mass is 9.80. The predicted octanol–water partition coefficient (Wildman–Crippen LogP) is 5.45. The Morgan fingerprint density at radius 1 is 1.00 bits per heavy atom. The number of halogens is 6. The lowest BCUT2D eigenvalue weighted by molar-refractivity contribution is -0.143. The Morgan fingerprint density at radius 2 is 1.67 bits per heavy atom. The number of aromatic nitrogens is 4. The van der Waals surface area contributed by atoms with Gasteiger partial charge in [-0.1, -0.05) is 30.3 Å². The third-order valence-electron chi connectivity index (χ3n) is 7.17. The number of nitrogens with zero attached hydrogens (tertiary/aromatic N) is 4. The Bertz CT molecular complexity index is 1170. The second-order valence-electron chi connectivity index (χ2n) is 9.33. The highest BCUT2D eigenvalue weighted by Crippen LogP contribution is 2.50. The normalized spacial score (nSPS) is 27.2. The van der Waals surface area contributed by atoms with Crippen LogP contribution in [0.3, 0.4) is 0 Å². The van der Waals surface area contributed by atoms with E-state index in [0.29, 0.717) is 19.3 Å². The Kier molecular flexibility index (Phi) is 6.06. The second-order valence-corrected chi connectivity index (χ2v) is 9.33. The first-order chi connectivity index (χ1) is 17.0. The van der Waals surface area contributed by atoms with Crippen molar-refractivity contribution in [3.8, 4) is 0 Å². The Hall–Kier alpha value is -2.99. The molecular formula is C24H23F6N5O. The number of nitrogens with one attached hydrogen (secondary N) is 1. The van der Waals surface area contributed by atoms with E-state index >= 15 is 0 Å². The predicted molar refractivity (Wildman–Crippen MR) is 115 cm³/mol. The molecule has 1 N–H and O–H groups in total. The zero-order valence-electron chi connectivity index (χ0n) is 19.1. The Labute approximate surface area is 202 Å². The van der Waals surface area contributed by atoms with E-state index < -0.39 is 41.2 Å². The monoisotopic (exact) mass is 511 g/mol. The summed E-state index contributed by atoms with van der Waals surface area (Å²) < 4.78 is 88.4. The van der Waals surface area contributed by atoms with Gasteiger partial charge in [-0.15, -0.1) is 5.10 Å². The molecule has 0 amide bonds. The van der Waals surface area contributed by atoms with Gasteiger partial charge in [-0.05, 0) is 65.9 Å². The van der Waals surface area contributed by atoms with Crippen molar-refractivity contribution in [2.45, 2.75) is 68.4 Å². The van der Waals surface area contributed by atoms with E-state index in [1.807, 2.05) is 30.3 Å². The molecule has 2 bridgehead atoms. The van der Waals surface area contributed by atoms with Crippen LogP contribution in [0.4, 0.5) is 26.3 Å². The first-order valence-corrected chi connectivity index (χ1v) is 11.5. The molecule has 5 atom stereocenters. The molecule has 1 aromatic heterocycles. The molecule has 3 heterocycles. The topological polar surface area (TPSA) is 64.9 Å². The standard InChI is InChI=1S/C24H23F6N5O/c1-14(15-9-17(23(25,26)27)11-18(10-15)24(28,29)30)36-21-8-7-19-20(35-13-31-33-34-35)12-22(21,32-19)16-5-3-2-4-6-16/h2-6,9-11,13-14,19-21,32H,7-8,12H2,1H3/t14-,19-,20+,21+,22+/m0/s1. The number of alkyl halides is 6. The summed E-state index contributed by atoms with van der Waals surface area (Å²) in [5, 5.41) is 15.1. The molecule has 2 aromatic carbocycles. The number of fused-ring (bicyclic) bond motifs is 2. The van der Waals surface area contributed by atoms with Crippen LogP contribution in [0.15, 0.2) is 54.9 Å². The lowest BCUT2D eigenvalue weighted by Crippen LogP contribution is -2.54. The van der Waals surface area contributed by atoms with Gasteiger partial charge in [0, 0.05) is 6.04 Å². The van der Waals surface area contributed by atoms with Crippen LogP contribution in [0.2, 0.25) is 0 Å². The Morgan fingerprint density at radius 3 is 2.25 bits per heavy atom. The summed E-state index contributed by atoms with van der Waals surface area (Å²) in [6.07, 6.45) is -8.09. The van der Waals surface area contributed by atoms with Crippen molar-refractivity contribution < 1.29 is 31.1 Å². The van der Waals surface area contributed by atoms with Gasteiger partial charge in [-0.25, -0.2) is 4.68 Å². The molecule has 0 unspecified atom stereocenters. The maximum absolute atomic E-state index is 13.4. The van der Waals surface area contributed by atoms with Gasteiger partial charge in [0.15, 0.2) is 0 Å². The van der Waals surface area contributed by atoms with Crippen LogP contribution in [0.5, 0.6) is 0 Å². The molecule has 0 aliphatic carbocycles. The number of hydrogen-bond acceptors (Lipinski definition) is 5. The SMILES string of the molecule is C[C@H](O[C@@H]1CC[C@@H]2N[C@@]1(c1ccccc1)C[C@H]2n1cnnn1)c1cc(C(F)(F)F)cc(C(F)(F)F)c1. The first-order valence-electron chi connectivity index (χ1n) is 11.5. The minimum atomic E-state index is -4.93. The minimum absolute atomic E-state index is 0.0225. The maximum atomic E-state index is 13.4. The molecule has 2 saturated heterocycles. The van der Waals surface area contributed by atoms with Gasteiger partial charge < -0.3 is 10.1 Å². The largest absolute Gasteiger partial charge is 0.416 e. The molecule has 0 saturated carbocycles. The van der Waals surface area contributed by atoms with Gasteiger partial charge in [-0.2, -0.15) is 26.3 Å². The summed E-state index contributed by atoms with van der Waals surface area (Å²) in [5.41, 5.74) is -2.70. The van der Waals surface area contributed by atoms with E-state index in [1.54, 1.807) is 4.68 Å². The molecule has 0 radical (unpaired) electrons. The summed E-state index contributed by atoms with van der Waals surface area (Å²) in [6.45, 7) is 1.48. The third kappa shape index (κ3) is 4.47. The molecule has 12 heteroatoms. The highest BCUT2D eigenvalue weighted by Gasteiger charge is 2.55. The molecule has 5 rings (SSSR count). The van der Waals surface area contributed by atoms with Crippen molar-refractivity contribution in [2.24, 2.45) is 0 Å². The van der Waals surface area contributed by atoms with Crippen molar-refractivity contribution in [1.82, 2.24) is 25.5 Å². The summed E-state index contributed by atoms with van der Waals surface area (Å²) in [4.78, 5) is 0. The van der Waals surface area contributed by atoms with E-state index in [1.165, 1.54) is 13.3 Å². The van der Waals surface area contributed by atoms with Crippen LogP contribution < -0.4 is 5.32 Å². The average molecular weight is 511 g/mol. The van der Waals surface area contributed by atoms with E-state index in [9.17, 15) is 26.3 Å². The fraction of sp³-hybridized carbons (Fsp3) is 0.458. The molecule has 36 heavy (non-hydrogen) atoms. The maximum Gasteiger partial charge on any atom is 0.416 e. The van der Waals surface area contributed by atoms with Crippen molar-refractivity contribution in [3.63, 3.8) is 0 Å². The first kappa shape index (κ1) is 24.7. The second kappa shape index (κ2) is 8.84. The number of rotatable bonds is 5. The summed E-state index contributed by atoms with van der Waals surface area (Å²) in [6, 6.07) is 11.0. The molecule has 3 aromatic rings. The minimum Gasteiger partial charge on any atom is -0.368 e. The third-order valence-corrected chi connectivity index (χ3v) is 7.17. The van der Waals surface area contributed by atoms with Gasteiger partial charge in [0.25, 0.3) is 0 Å². The van der Waals surface area contributed by atoms with E-state index in [-0.39, 0.29) is 23.7 Å². The quantitative estimate of drug-likeness (QED) is 0.462. The number of piperidine rings is 1. The molecule has 2 fully saturated rings. The van der Waals surface area contributed by atoms with Gasteiger partial charge in [-0.3, -0.25) is 0 Å². The van der Waals surface area contributed by atoms with Gasteiger partial charge in [0.2, 0.25) is 0 Å². The van der Waals surface area contributed by atoms with Crippen LogP contribution in [0.1, 0.15) is 60.6 Å². The smallest absolute Gasteiger partial charge is 0.368 e. The molecule has 6 nitrogen and oxygen atoms in total. The fourth-order valence-corrected chi connectivity index (χ4v) is 5.47. The highest BCUT2D eigenvalue weighted by atomic mass is 19.4. The average Bonchev–Trinajstić information content (AvgIpc) is 3.47. The number of ether oxygens (including phenoxy) is 1. The van der Waals surface area contributed by atoms with Gasteiger partial charge in [0.05, 0.1) is 34.9 Å². The van der Waals surface area contributed by atoms with Crippen LogP contribution in [0.25, 0.3) is 0 Å². The molecule has 2 aliphatic heterocycles. The van der Waals surface area contributed by atoms with Gasteiger partial charge in [0.1, 0.15) is 6.33 Å². The number of hydrogen-bond donors (Lipinski definition) is 1. The molecule has 192 valence electrons. The van der Waals surface area contributed by atoms with E-state index in [2.05, 4.69) is 20.8 Å². The number of tetrazole rings is 1. The van der Waals surface area contributed by atoms with Crippen molar-refractivity contribution in [1.29, 1.82) is 0 Å². The Balaban J connectivity index is 1.49. The lowest BCUT2D eigenvalue weighted by Gasteiger charge is -2.43. The highest BCUT2D eigenvalue weighted by molar-refractivity contribution is 5.35. The fourth-order valence-electron chi connectivity index (χ4n) is 5.47. The van der Waals surface area contributed by atoms with E-state index in [4.69, 9.17) is 4.74 Å². The van der Waals surface area contributed by atoms with Gasteiger partial charge >= 0.3 is 12.4 Å². The van der Waals surface area contributed by atoms with Crippen molar-refractivity contribution >= 4 is 0 Å². The van der Waals surface area contributed by atoms with Crippen molar-refractivity contribution in [3.05, 3.63) is 77.1 Å². The molecular weight excluding hydrogens is 488 g/mol. The number of benzene rings is 2.